The van der Waals surface area contributed by atoms with Crippen LogP contribution in [0.15, 0.2) is 48.7 Å². The lowest BCUT2D eigenvalue weighted by molar-refractivity contribution is 0.679. The van der Waals surface area contributed by atoms with Crippen LogP contribution in [0.3, 0.4) is 0 Å². The zero-order valence-electron chi connectivity index (χ0n) is 13.9. The van der Waals surface area contributed by atoms with Crippen molar-refractivity contribution in [3.8, 4) is 0 Å². The van der Waals surface area contributed by atoms with Crippen LogP contribution in [0.2, 0.25) is 0 Å². The zero-order valence-corrected chi connectivity index (χ0v) is 13.9. The molecule has 0 radical (unpaired) electrons. The van der Waals surface area contributed by atoms with E-state index in [4.69, 9.17) is 4.98 Å². The van der Waals surface area contributed by atoms with Crippen LogP contribution in [0.25, 0.3) is 16.6 Å². The third-order valence-electron chi connectivity index (χ3n) is 4.28. The van der Waals surface area contributed by atoms with Crippen molar-refractivity contribution in [3.05, 3.63) is 60.2 Å². The van der Waals surface area contributed by atoms with E-state index in [2.05, 4.69) is 26.9 Å². The molecule has 24 heavy (non-hydrogen) atoms. The molecule has 6 nitrogen and oxygen atoms in total. The molecule has 3 heterocycles. The van der Waals surface area contributed by atoms with Crippen LogP contribution in [-0.4, -0.2) is 31.6 Å². The zero-order chi connectivity index (χ0) is 16.7. The van der Waals surface area contributed by atoms with Crippen LogP contribution in [-0.2, 0) is 0 Å². The van der Waals surface area contributed by atoms with Crippen LogP contribution < -0.4 is 4.90 Å². The van der Waals surface area contributed by atoms with Gasteiger partial charge in [0.05, 0.1) is 17.3 Å². The van der Waals surface area contributed by atoms with Gasteiger partial charge in [0, 0.05) is 18.6 Å². The van der Waals surface area contributed by atoms with Gasteiger partial charge in [-0.05, 0) is 38.1 Å². The molecule has 4 aromatic rings. The first kappa shape index (κ1) is 14.6. The van der Waals surface area contributed by atoms with Crippen molar-refractivity contribution >= 4 is 22.5 Å². The highest BCUT2D eigenvalue weighted by Gasteiger charge is 2.20. The Labute approximate surface area is 139 Å². The summed E-state index contributed by atoms with van der Waals surface area (Å²) in [7, 11) is 2.01. The van der Waals surface area contributed by atoms with Gasteiger partial charge in [0.2, 0.25) is 5.95 Å². The summed E-state index contributed by atoms with van der Waals surface area (Å²) in [6, 6.07) is 14.0. The molecule has 0 N–H and O–H groups in total. The molecule has 120 valence electrons. The van der Waals surface area contributed by atoms with Gasteiger partial charge in [-0.25, -0.2) is 9.97 Å². The van der Waals surface area contributed by atoms with E-state index in [0.29, 0.717) is 0 Å². The molecule has 1 aromatic carbocycles. The molecule has 0 saturated carbocycles. The Morgan fingerprint density at radius 2 is 1.83 bits per heavy atom. The Balaban J connectivity index is 1.91. The quantitative estimate of drug-likeness (QED) is 0.580. The molecule has 0 aliphatic carbocycles. The Bertz CT molecular complexity index is 1010. The monoisotopic (exact) mass is 318 g/mol. The highest BCUT2D eigenvalue weighted by atomic mass is 15.4. The molecule has 0 saturated heterocycles. The van der Waals surface area contributed by atoms with Crippen LogP contribution in [0.1, 0.15) is 24.5 Å². The van der Waals surface area contributed by atoms with E-state index >= 15 is 0 Å². The summed E-state index contributed by atoms with van der Waals surface area (Å²) < 4.78 is 1.82. The van der Waals surface area contributed by atoms with Gasteiger partial charge in [-0.3, -0.25) is 4.98 Å². The number of hydrogen-bond acceptors (Lipinski definition) is 5. The highest BCUT2D eigenvalue weighted by Crippen LogP contribution is 2.26. The lowest BCUT2D eigenvalue weighted by atomic mass is 10.2. The van der Waals surface area contributed by atoms with Gasteiger partial charge in [-0.2, -0.15) is 4.52 Å². The number of para-hydroxylation sites is 1. The molecule has 1 atom stereocenters. The number of nitrogens with zero attached hydrogens (tertiary/aromatic N) is 6. The third-order valence-corrected chi connectivity index (χ3v) is 4.28. The first-order valence-electron chi connectivity index (χ1n) is 7.91. The highest BCUT2D eigenvalue weighted by molar-refractivity contribution is 5.92. The van der Waals surface area contributed by atoms with Crippen molar-refractivity contribution in [1.29, 1.82) is 0 Å². The Morgan fingerprint density at radius 3 is 2.62 bits per heavy atom. The summed E-state index contributed by atoms with van der Waals surface area (Å²) >= 11 is 0. The van der Waals surface area contributed by atoms with E-state index in [-0.39, 0.29) is 6.04 Å². The van der Waals surface area contributed by atoms with Gasteiger partial charge >= 0.3 is 0 Å². The minimum absolute atomic E-state index is 0.0626. The topological polar surface area (TPSA) is 59.2 Å². The van der Waals surface area contributed by atoms with Gasteiger partial charge in [0.15, 0.2) is 5.65 Å². The number of fused-ring (bicyclic) bond motifs is 3. The van der Waals surface area contributed by atoms with E-state index in [0.717, 1.165) is 34.0 Å². The van der Waals surface area contributed by atoms with E-state index in [1.54, 1.807) is 0 Å². The first-order chi connectivity index (χ1) is 11.6. The minimum Gasteiger partial charge on any atom is -0.335 e. The van der Waals surface area contributed by atoms with Gasteiger partial charge in [0.1, 0.15) is 5.82 Å². The molecular formula is C18H18N6. The normalized spacial score (nSPS) is 12.6. The van der Waals surface area contributed by atoms with Crippen molar-refractivity contribution < 1.29 is 0 Å². The van der Waals surface area contributed by atoms with E-state index in [1.807, 2.05) is 67.1 Å². The molecular weight excluding hydrogens is 300 g/mol. The second-order valence-electron chi connectivity index (χ2n) is 5.86. The predicted octanol–water partition coefficient (Wildman–Crippen LogP) is 3.18. The number of aryl methyl sites for hydroxylation is 1. The summed E-state index contributed by atoms with van der Waals surface area (Å²) in [6.07, 6.45) is 1.81. The maximum Gasteiger partial charge on any atom is 0.229 e. The number of benzene rings is 1. The van der Waals surface area contributed by atoms with Crippen LogP contribution in [0.4, 0.5) is 5.95 Å². The number of aromatic nitrogens is 5. The summed E-state index contributed by atoms with van der Waals surface area (Å²) in [5.74, 6) is 1.48. The molecule has 0 unspecified atom stereocenters. The number of pyridine rings is 1. The van der Waals surface area contributed by atoms with E-state index in [1.165, 1.54) is 0 Å². The van der Waals surface area contributed by atoms with Crippen molar-refractivity contribution in [1.82, 2.24) is 24.6 Å². The molecule has 0 aliphatic rings. The Kier molecular flexibility index (Phi) is 3.37. The lowest BCUT2D eigenvalue weighted by Gasteiger charge is -2.25. The summed E-state index contributed by atoms with van der Waals surface area (Å²) in [6.45, 7) is 4.00. The standard InChI is InChI=1S/C18H18N6/c1-12(15-9-6-7-11-19-15)23(3)18-21-16-10-5-4-8-14(16)17-20-13(2)22-24(17)18/h4-12H,1-3H3/t12-/m0/s1. The average molecular weight is 318 g/mol. The predicted molar refractivity (Wildman–Crippen MR) is 94.1 cm³/mol. The Morgan fingerprint density at radius 1 is 1.04 bits per heavy atom. The fourth-order valence-corrected chi connectivity index (χ4v) is 2.87. The molecule has 0 aliphatic heterocycles. The lowest BCUT2D eigenvalue weighted by Crippen LogP contribution is -2.26. The summed E-state index contributed by atoms with van der Waals surface area (Å²) in [5, 5.41) is 5.54. The van der Waals surface area contributed by atoms with Gasteiger partial charge < -0.3 is 4.90 Å². The maximum atomic E-state index is 4.82. The second-order valence-corrected chi connectivity index (χ2v) is 5.86. The Hall–Kier alpha value is -3.02. The second kappa shape index (κ2) is 5.56. The fraction of sp³-hybridized carbons (Fsp3) is 0.222. The van der Waals surface area contributed by atoms with E-state index in [9.17, 15) is 0 Å². The van der Waals surface area contributed by atoms with Crippen LogP contribution in [0, 0.1) is 6.92 Å². The number of rotatable bonds is 3. The fourth-order valence-electron chi connectivity index (χ4n) is 2.87. The van der Waals surface area contributed by atoms with Crippen molar-refractivity contribution in [3.63, 3.8) is 0 Å². The summed E-state index contributed by atoms with van der Waals surface area (Å²) in [4.78, 5) is 15.9. The minimum atomic E-state index is 0.0626. The van der Waals surface area contributed by atoms with Crippen LogP contribution >= 0.6 is 0 Å². The molecule has 0 fully saturated rings. The summed E-state index contributed by atoms with van der Waals surface area (Å²) in [5.41, 5.74) is 2.72. The molecule has 4 rings (SSSR count). The first-order valence-corrected chi connectivity index (χ1v) is 7.91. The third kappa shape index (κ3) is 2.27. The maximum absolute atomic E-state index is 4.82. The SMILES string of the molecule is Cc1nc2c3ccccc3nc(N(C)[C@@H](C)c3ccccn3)n2n1. The van der Waals surface area contributed by atoms with E-state index < -0.39 is 0 Å². The average Bonchev–Trinajstić information content (AvgIpc) is 3.02. The molecule has 0 bridgehead atoms. The molecule has 6 heteroatoms. The van der Waals surface area contributed by atoms with Gasteiger partial charge in [-0.15, -0.1) is 5.10 Å². The van der Waals surface area contributed by atoms with Crippen molar-refractivity contribution in [2.24, 2.45) is 0 Å². The van der Waals surface area contributed by atoms with Crippen LogP contribution in [0.5, 0.6) is 0 Å². The molecule has 0 amide bonds. The van der Waals surface area contributed by atoms with Crippen molar-refractivity contribution in [2.45, 2.75) is 19.9 Å². The number of anilines is 1. The molecule has 3 aromatic heterocycles. The smallest absolute Gasteiger partial charge is 0.229 e. The van der Waals surface area contributed by atoms with Gasteiger partial charge in [0.25, 0.3) is 0 Å². The van der Waals surface area contributed by atoms with Crippen molar-refractivity contribution in [2.75, 3.05) is 11.9 Å². The largest absolute Gasteiger partial charge is 0.335 e. The van der Waals surface area contributed by atoms with Gasteiger partial charge in [-0.1, -0.05) is 18.2 Å². The number of hydrogen-bond donors (Lipinski definition) is 0. The molecule has 0 spiro atoms.